The van der Waals surface area contributed by atoms with E-state index >= 15 is 0 Å². The van der Waals surface area contributed by atoms with Gasteiger partial charge in [0.15, 0.2) is 0 Å². The fourth-order valence-electron chi connectivity index (χ4n) is 0.431. The highest BCUT2D eigenvalue weighted by Gasteiger charge is 2.03. The van der Waals surface area contributed by atoms with Crippen LogP contribution in [0.5, 0.6) is 0 Å². The third-order valence-electron chi connectivity index (χ3n) is 0.955. The summed E-state index contributed by atoms with van der Waals surface area (Å²) < 4.78 is 0. The molecule has 0 bridgehead atoms. The van der Waals surface area contributed by atoms with Gasteiger partial charge in [0, 0.05) is 6.54 Å². The Morgan fingerprint density at radius 2 is 2.44 bits per heavy atom. The van der Waals surface area contributed by atoms with Crippen LogP contribution < -0.4 is 5.73 Å². The Labute approximate surface area is 53.9 Å². The Kier molecular flexibility index (Phi) is 3.21. The minimum Gasteiger partial charge on any atom is -0.351 e. The van der Waals surface area contributed by atoms with Crippen molar-refractivity contribution < 1.29 is 4.79 Å². The van der Waals surface area contributed by atoms with Crippen molar-refractivity contribution in [1.29, 1.82) is 5.26 Å². The SMILES string of the molecule is CCN(CC#N)C(N)=O. The quantitative estimate of drug-likeness (QED) is 0.526. The van der Waals surface area contributed by atoms with Gasteiger partial charge in [-0.3, -0.25) is 0 Å². The van der Waals surface area contributed by atoms with Crippen LogP contribution in [-0.4, -0.2) is 24.0 Å². The normalized spacial score (nSPS) is 8.00. The van der Waals surface area contributed by atoms with E-state index in [4.69, 9.17) is 11.0 Å². The van der Waals surface area contributed by atoms with Crippen LogP contribution in [0.15, 0.2) is 0 Å². The third kappa shape index (κ3) is 2.54. The largest absolute Gasteiger partial charge is 0.351 e. The minimum absolute atomic E-state index is 0.0752. The van der Waals surface area contributed by atoms with Crippen LogP contribution in [0.1, 0.15) is 6.92 Å². The zero-order valence-corrected chi connectivity index (χ0v) is 5.29. The molecular formula is C5H9N3O. The van der Waals surface area contributed by atoms with Crippen molar-refractivity contribution in [2.75, 3.05) is 13.1 Å². The molecule has 0 aromatic rings. The number of nitrogens with two attached hydrogens (primary N) is 1. The van der Waals surface area contributed by atoms with Crippen LogP contribution in [0.4, 0.5) is 4.79 Å². The lowest BCUT2D eigenvalue weighted by Crippen LogP contribution is -2.35. The second-order valence-corrected chi connectivity index (χ2v) is 1.51. The standard InChI is InChI=1S/C5H9N3O/c1-2-8(4-3-6)5(7)9/h2,4H2,1H3,(H2,7,9). The summed E-state index contributed by atoms with van der Waals surface area (Å²) in [7, 11) is 0. The lowest BCUT2D eigenvalue weighted by molar-refractivity contribution is 0.216. The lowest BCUT2D eigenvalue weighted by atomic mass is 10.5. The molecule has 0 aromatic heterocycles. The molecule has 0 aromatic carbocycles. The van der Waals surface area contributed by atoms with Gasteiger partial charge in [0.25, 0.3) is 0 Å². The van der Waals surface area contributed by atoms with Crippen molar-refractivity contribution in [1.82, 2.24) is 4.90 Å². The molecule has 50 valence electrons. The van der Waals surface area contributed by atoms with Crippen molar-refractivity contribution in [2.24, 2.45) is 5.73 Å². The monoisotopic (exact) mass is 127 g/mol. The average Bonchev–Trinajstić information content (AvgIpc) is 1.82. The molecule has 0 atom stereocenters. The van der Waals surface area contributed by atoms with Gasteiger partial charge >= 0.3 is 6.03 Å². The fraction of sp³-hybridized carbons (Fsp3) is 0.600. The van der Waals surface area contributed by atoms with Gasteiger partial charge in [-0.25, -0.2) is 4.79 Å². The van der Waals surface area contributed by atoms with Crippen molar-refractivity contribution in [3.63, 3.8) is 0 Å². The summed E-state index contributed by atoms with van der Waals surface area (Å²) in [5.41, 5.74) is 4.87. The van der Waals surface area contributed by atoms with E-state index in [0.717, 1.165) is 0 Å². The minimum atomic E-state index is -0.543. The third-order valence-corrected chi connectivity index (χ3v) is 0.955. The van der Waals surface area contributed by atoms with Crippen molar-refractivity contribution in [2.45, 2.75) is 6.92 Å². The van der Waals surface area contributed by atoms with Crippen LogP contribution >= 0.6 is 0 Å². The summed E-state index contributed by atoms with van der Waals surface area (Å²) in [6.07, 6.45) is 0. The first-order valence-corrected chi connectivity index (χ1v) is 2.63. The maximum atomic E-state index is 10.3. The second kappa shape index (κ2) is 3.72. The number of carbonyl (C=O) groups excluding carboxylic acids is 1. The second-order valence-electron chi connectivity index (χ2n) is 1.51. The lowest BCUT2D eigenvalue weighted by Gasteiger charge is -2.12. The first-order chi connectivity index (χ1) is 4.22. The van der Waals surface area contributed by atoms with E-state index < -0.39 is 6.03 Å². The highest BCUT2D eigenvalue weighted by atomic mass is 16.2. The van der Waals surface area contributed by atoms with Crippen molar-refractivity contribution >= 4 is 6.03 Å². The number of nitrogens with zero attached hydrogens (tertiary/aromatic N) is 2. The van der Waals surface area contributed by atoms with E-state index in [2.05, 4.69) is 0 Å². The fourth-order valence-corrected chi connectivity index (χ4v) is 0.431. The molecule has 0 aliphatic carbocycles. The maximum Gasteiger partial charge on any atom is 0.315 e. The molecule has 2 amide bonds. The van der Waals surface area contributed by atoms with E-state index in [1.54, 1.807) is 6.92 Å². The molecule has 4 nitrogen and oxygen atoms in total. The molecule has 0 saturated carbocycles. The van der Waals surface area contributed by atoms with Gasteiger partial charge in [0.05, 0.1) is 6.07 Å². The summed E-state index contributed by atoms with van der Waals surface area (Å²) in [6.45, 7) is 2.33. The molecule has 0 rings (SSSR count). The Hall–Kier alpha value is -1.24. The van der Waals surface area contributed by atoms with Crippen LogP contribution in [-0.2, 0) is 0 Å². The first-order valence-electron chi connectivity index (χ1n) is 2.63. The van der Waals surface area contributed by atoms with Crippen LogP contribution in [0.2, 0.25) is 0 Å². The molecular weight excluding hydrogens is 118 g/mol. The zero-order chi connectivity index (χ0) is 7.28. The molecule has 0 radical (unpaired) electrons. The number of hydrogen-bond acceptors (Lipinski definition) is 2. The van der Waals surface area contributed by atoms with E-state index in [9.17, 15) is 4.79 Å². The highest BCUT2D eigenvalue weighted by molar-refractivity contribution is 5.72. The maximum absolute atomic E-state index is 10.3. The molecule has 9 heavy (non-hydrogen) atoms. The number of primary amides is 1. The predicted octanol–water partition coefficient (Wildman–Crippen LogP) is -0.0894. The summed E-state index contributed by atoms with van der Waals surface area (Å²) >= 11 is 0. The topological polar surface area (TPSA) is 70.1 Å². The van der Waals surface area contributed by atoms with Gasteiger partial charge in [-0.2, -0.15) is 5.26 Å². The molecule has 0 saturated heterocycles. The Balaban J connectivity index is 3.71. The van der Waals surface area contributed by atoms with Gasteiger partial charge in [-0.05, 0) is 6.92 Å². The molecule has 0 fully saturated rings. The summed E-state index contributed by atoms with van der Waals surface area (Å²) in [4.78, 5) is 11.6. The molecule has 0 unspecified atom stereocenters. The number of nitriles is 1. The van der Waals surface area contributed by atoms with Gasteiger partial charge < -0.3 is 10.6 Å². The van der Waals surface area contributed by atoms with Crippen LogP contribution in [0.3, 0.4) is 0 Å². The predicted molar refractivity (Wildman–Crippen MR) is 32.4 cm³/mol. The van der Waals surface area contributed by atoms with E-state index in [-0.39, 0.29) is 6.54 Å². The van der Waals surface area contributed by atoms with E-state index in [1.165, 1.54) is 4.90 Å². The number of urea groups is 1. The Bertz CT molecular complexity index is 138. The average molecular weight is 127 g/mol. The molecule has 4 heteroatoms. The van der Waals surface area contributed by atoms with Gasteiger partial charge in [0.2, 0.25) is 0 Å². The van der Waals surface area contributed by atoms with E-state index in [1.807, 2.05) is 6.07 Å². The highest BCUT2D eigenvalue weighted by Crippen LogP contribution is 1.82. The van der Waals surface area contributed by atoms with Crippen molar-refractivity contribution in [3.05, 3.63) is 0 Å². The Morgan fingerprint density at radius 1 is 1.89 bits per heavy atom. The molecule has 2 N–H and O–H groups in total. The van der Waals surface area contributed by atoms with Gasteiger partial charge in [-0.15, -0.1) is 0 Å². The molecule has 0 heterocycles. The summed E-state index contributed by atoms with van der Waals surface area (Å²) in [5, 5.41) is 8.12. The number of amides is 2. The smallest absolute Gasteiger partial charge is 0.315 e. The van der Waals surface area contributed by atoms with Gasteiger partial charge in [0.1, 0.15) is 6.54 Å². The molecule has 0 spiro atoms. The zero-order valence-electron chi connectivity index (χ0n) is 5.29. The van der Waals surface area contributed by atoms with Crippen molar-refractivity contribution in [3.8, 4) is 6.07 Å². The summed E-state index contributed by atoms with van der Waals surface area (Å²) in [6, 6.07) is 1.28. The molecule has 0 aliphatic rings. The Morgan fingerprint density at radius 3 is 2.56 bits per heavy atom. The van der Waals surface area contributed by atoms with Crippen LogP contribution in [0.25, 0.3) is 0 Å². The number of hydrogen-bond donors (Lipinski definition) is 1. The summed E-state index contributed by atoms with van der Waals surface area (Å²) in [5.74, 6) is 0. The number of carbonyl (C=O) groups is 1. The molecule has 0 aliphatic heterocycles. The van der Waals surface area contributed by atoms with E-state index in [0.29, 0.717) is 6.54 Å². The number of rotatable bonds is 2. The first kappa shape index (κ1) is 7.76. The van der Waals surface area contributed by atoms with Gasteiger partial charge in [-0.1, -0.05) is 0 Å². The van der Waals surface area contributed by atoms with Crippen LogP contribution in [0, 0.1) is 11.3 Å².